The number of likely N-dealkylation sites (tertiary alicyclic amines) is 1. The van der Waals surface area contributed by atoms with Gasteiger partial charge in [0.1, 0.15) is 41.1 Å². The average molecular weight is 1560 g/mol. The van der Waals surface area contributed by atoms with E-state index in [1.54, 1.807) is 39.0 Å². The molecule has 0 radical (unpaired) electrons. The molecular weight excluding hydrogens is 1470 g/mol. The lowest BCUT2D eigenvalue weighted by molar-refractivity contribution is -0.146. The Bertz CT molecular complexity index is 4500. The number of nitrogens with zero attached hydrogens (tertiary/aromatic N) is 4. The third kappa shape index (κ3) is 26.6. The minimum atomic E-state index is -4.19. The molecule has 0 aliphatic carbocycles. The molecule has 2 aliphatic heterocycles. The van der Waals surface area contributed by atoms with Crippen molar-refractivity contribution in [3.63, 3.8) is 0 Å². The van der Waals surface area contributed by atoms with Crippen LogP contribution in [-0.2, 0) is 68.5 Å². The number of anilines is 6. The van der Waals surface area contributed by atoms with E-state index in [9.17, 15) is 70.4 Å². The van der Waals surface area contributed by atoms with Crippen LogP contribution < -0.4 is 62.0 Å². The number of sulfonamides is 1. The van der Waals surface area contributed by atoms with Crippen LogP contribution >= 0.6 is 0 Å². The van der Waals surface area contributed by atoms with Crippen molar-refractivity contribution >= 4 is 108 Å². The van der Waals surface area contributed by atoms with Crippen LogP contribution in [0.25, 0.3) is 11.3 Å². The first-order chi connectivity index (χ1) is 52.0. The molecule has 0 saturated carbocycles. The monoisotopic (exact) mass is 1550 g/mol. The number of carbonyl (C=O) groups excluding carboxylic acids is 7. The maximum Gasteiger partial charge on any atom is 0.319 e. The van der Waals surface area contributed by atoms with Gasteiger partial charge in [-0.15, -0.1) is 0 Å². The van der Waals surface area contributed by atoms with E-state index in [-0.39, 0.29) is 128 Å². The number of nitrogens with one attached hydrogen (secondary N) is 10. The Hall–Kier alpha value is -11.2. The van der Waals surface area contributed by atoms with Gasteiger partial charge in [-0.25, -0.2) is 45.8 Å². The van der Waals surface area contributed by atoms with Gasteiger partial charge in [0.2, 0.25) is 23.7 Å². The fourth-order valence-electron chi connectivity index (χ4n) is 11.3. The highest BCUT2D eigenvalue weighted by atomic mass is 32.2. The molecule has 586 valence electrons. The van der Waals surface area contributed by atoms with Crippen molar-refractivity contribution in [3.8, 4) is 22.8 Å². The number of halogens is 2. The maximum absolute atomic E-state index is 15.2. The topological polar surface area (TPSA) is 453 Å². The summed E-state index contributed by atoms with van der Waals surface area (Å²) in [6.45, 7) is 8.01. The number of benzene rings is 5. The second-order valence-corrected chi connectivity index (χ2v) is 29.8. The van der Waals surface area contributed by atoms with Gasteiger partial charge in [0.25, 0.3) is 15.9 Å². The highest BCUT2D eigenvalue weighted by molar-refractivity contribution is 7.93. The zero-order chi connectivity index (χ0) is 78.8. The van der Waals surface area contributed by atoms with E-state index >= 15 is 4.39 Å². The molecule has 37 heteroatoms. The molecule has 4 bridgehead atoms. The number of fused-ring (bicyclic) bond motifs is 6. The lowest BCUT2D eigenvalue weighted by Gasteiger charge is -2.29. The number of hydrogen-bond acceptors (Lipinski definition) is 20. The van der Waals surface area contributed by atoms with Crippen LogP contribution in [-0.4, -0.2) is 188 Å². The summed E-state index contributed by atoms with van der Waals surface area (Å²) in [6.07, 6.45) is 1.60. The lowest BCUT2D eigenvalue weighted by atomic mass is 10.0. The van der Waals surface area contributed by atoms with Crippen LogP contribution in [0.5, 0.6) is 11.5 Å². The summed E-state index contributed by atoms with van der Waals surface area (Å²) in [5, 5.41) is 43.3. The molecule has 0 unspecified atom stereocenters. The van der Waals surface area contributed by atoms with Crippen molar-refractivity contribution < 1.29 is 98.5 Å². The molecule has 6 atom stereocenters. The van der Waals surface area contributed by atoms with Crippen molar-refractivity contribution in [2.75, 3.05) is 98.1 Å². The number of aliphatic carboxylic acids is 2. The summed E-state index contributed by atoms with van der Waals surface area (Å²) in [6, 6.07) is 18.9. The van der Waals surface area contributed by atoms with Crippen molar-refractivity contribution in [2.24, 2.45) is 10.3 Å². The van der Waals surface area contributed by atoms with Crippen LogP contribution in [0.2, 0.25) is 0 Å². The van der Waals surface area contributed by atoms with Crippen LogP contribution in [0.15, 0.2) is 125 Å². The Morgan fingerprint density at radius 3 is 2.08 bits per heavy atom. The highest BCUT2D eigenvalue weighted by Crippen LogP contribution is 2.34. The van der Waals surface area contributed by atoms with Gasteiger partial charge < -0.3 is 86.6 Å². The second-order valence-electron chi connectivity index (χ2n) is 25.7. The second kappa shape index (κ2) is 40.2. The summed E-state index contributed by atoms with van der Waals surface area (Å²) in [5.74, 6) is -7.79. The van der Waals surface area contributed by atoms with E-state index in [1.807, 2.05) is 6.92 Å². The smallest absolute Gasteiger partial charge is 0.319 e. The minimum Gasteiger partial charge on any atom is -0.493 e. The molecule has 0 spiro atoms. The molecule has 12 N–H and O–H groups in total. The number of hydrogen-bond donors (Lipinski definition) is 12. The molecule has 8 rings (SSSR count). The first-order valence-electron chi connectivity index (χ1n) is 34.8. The Morgan fingerprint density at radius 1 is 0.725 bits per heavy atom. The standard InChI is InChI=1S/C72H88F2N14O19S2/c1-6-23-75-70(97)81-50-11-8-13-54(38-50)109(101,102)86-51-12-7-10-46(35-51)57(39-62(90)91)83-72(99)80-49-18-16-48(17-19-49)79-71(98)76-24-28-104-30-32-105-31-29-103-26-22-61(89)82-58(40-63(92)93)68(96)88-25-9-14-59(88)66(94)84-64(43(2)3)67(95)87-108(5,100)42-45-33-52-37-53(34-45)107-44(4)21-27-106-60-36-47(73)15-20-55(60)65-56(74)41-77-69(78-52)85-65/h7-8,10-13,15-20,33-38,41,43-44,57-59,64,86H,6,9,14,21-32,39-40,42H2,1-5H3,(H,82,89)(H,84,94)(H,90,91)(H,92,93)(H2,75,81,97)(H2,76,79,98)(H,77,78,85)(H2,80,83,99)/t44-,57+,58-,59-,64-,108-/m0/s1. The molecule has 33 nitrogen and oxygen atoms in total. The third-order valence-electron chi connectivity index (χ3n) is 16.4. The number of aromatic nitrogens is 2. The van der Waals surface area contributed by atoms with E-state index in [4.69, 9.17) is 23.7 Å². The fraction of sp³-hybridized carbons (Fsp3) is 0.403. The van der Waals surface area contributed by atoms with Crippen molar-refractivity contribution in [1.82, 2.24) is 41.5 Å². The van der Waals surface area contributed by atoms with Gasteiger partial charge in [-0.3, -0.25) is 33.5 Å². The summed E-state index contributed by atoms with van der Waals surface area (Å²) in [7, 11) is -7.61. The quantitative estimate of drug-likeness (QED) is 0.0171. The molecule has 5 aromatic carbocycles. The Balaban J connectivity index is 0.713. The number of carboxylic acids is 2. The molecule has 2 aliphatic rings. The zero-order valence-electron chi connectivity index (χ0n) is 60.4. The number of amides is 10. The van der Waals surface area contributed by atoms with Gasteiger partial charge in [-0.2, -0.15) is 4.36 Å². The van der Waals surface area contributed by atoms with E-state index in [0.29, 0.717) is 48.5 Å². The Kier molecular flexibility index (Phi) is 30.8. The third-order valence-corrected chi connectivity index (χ3v) is 19.2. The molecule has 3 heterocycles. The Morgan fingerprint density at radius 2 is 1.39 bits per heavy atom. The number of carboxylic acid groups (broad SMARTS) is 2. The number of urea groups is 3. The van der Waals surface area contributed by atoms with Gasteiger partial charge in [0.05, 0.1) is 97.8 Å². The lowest BCUT2D eigenvalue weighted by Crippen LogP contribution is -2.56. The minimum absolute atomic E-state index is 0.0323. The first kappa shape index (κ1) is 83.5. The predicted octanol–water partition coefficient (Wildman–Crippen LogP) is 7.86. The van der Waals surface area contributed by atoms with E-state index < -0.39 is 134 Å². The molecule has 1 aromatic heterocycles. The highest BCUT2D eigenvalue weighted by Gasteiger charge is 2.40. The van der Waals surface area contributed by atoms with Gasteiger partial charge in [-0.05, 0) is 122 Å². The summed E-state index contributed by atoms with van der Waals surface area (Å²) in [4.78, 5) is 126. The van der Waals surface area contributed by atoms with Crippen LogP contribution in [0.3, 0.4) is 0 Å². The first-order valence-corrected chi connectivity index (χ1v) is 38.4. The van der Waals surface area contributed by atoms with Crippen LogP contribution in [0.4, 0.5) is 57.5 Å². The largest absolute Gasteiger partial charge is 0.493 e. The average Bonchev–Trinajstić information content (AvgIpc) is 1.14. The normalized spacial score (nSPS) is 15.4. The van der Waals surface area contributed by atoms with Crippen LogP contribution in [0, 0.1) is 17.6 Å². The van der Waals surface area contributed by atoms with E-state index in [1.165, 1.54) is 85.1 Å². The predicted molar refractivity (Wildman–Crippen MR) is 397 cm³/mol. The summed E-state index contributed by atoms with van der Waals surface area (Å²) >= 11 is 0. The van der Waals surface area contributed by atoms with Gasteiger partial charge in [0, 0.05) is 84.9 Å². The number of rotatable bonds is 34. The molecule has 109 heavy (non-hydrogen) atoms. The zero-order valence-corrected chi connectivity index (χ0v) is 62.0. The Labute approximate surface area is 627 Å². The number of carbonyl (C=O) groups is 9. The van der Waals surface area contributed by atoms with Crippen molar-refractivity contribution in [1.29, 1.82) is 0 Å². The van der Waals surface area contributed by atoms with E-state index in [2.05, 4.69) is 66.9 Å². The maximum atomic E-state index is 15.2. The SMILES string of the molecule is CCCNC(=O)Nc1cccc(S(=O)(=O)Nc2cccc([C@@H](CC(=O)O)NC(=O)Nc3ccc(NC(=O)NCCOCCOCCOCCC(=O)N[C@@H](CC(=O)O)C(=O)N4CCC[C@H]4C(=O)N[C@H](C(=O)N=[S@@](C)(=O)Cc4cc5cc(c4)O[C@@H](C)CCOc4cc(F)ccc4-c4nc(ncc4F)N5)C(C)C)cc3)c2)c1. The van der Waals surface area contributed by atoms with Crippen LogP contribution in [0.1, 0.15) is 89.8 Å². The molecule has 6 aromatic rings. The van der Waals surface area contributed by atoms with Gasteiger partial charge in [0.15, 0.2) is 5.82 Å². The fourth-order valence-corrected chi connectivity index (χ4v) is 13.7. The van der Waals surface area contributed by atoms with Gasteiger partial charge >= 0.3 is 30.0 Å². The summed E-state index contributed by atoms with van der Waals surface area (Å²) in [5.41, 5.74) is 2.01. The molecule has 1 fully saturated rings. The molecular formula is C72H88F2N14O19S2. The van der Waals surface area contributed by atoms with E-state index in [0.717, 1.165) is 23.2 Å². The molecule has 10 amide bonds. The van der Waals surface area contributed by atoms with Gasteiger partial charge in [-0.1, -0.05) is 39.0 Å². The molecule has 1 saturated heterocycles. The number of ether oxygens (including phenoxy) is 5. The summed E-state index contributed by atoms with van der Waals surface area (Å²) < 4.78 is 106. The van der Waals surface area contributed by atoms with Crippen molar-refractivity contribution in [2.45, 2.75) is 114 Å². The van der Waals surface area contributed by atoms with Crippen molar-refractivity contribution in [3.05, 3.63) is 138 Å².